The van der Waals surface area contributed by atoms with Crippen LogP contribution in [0, 0.1) is 0 Å². The molecule has 2 amide bonds. The summed E-state index contributed by atoms with van der Waals surface area (Å²) in [6.07, 6.45) is 6.40. The molecule has 9 nitrogen and oxygen atoms in total. The third kappa shape index (κ3) is 6.26. The maximum Gasteiger partial charge on any atom is 0.270 e. The Morgan fingerprint density at radius 2 is 1.71 bits per heavy atom. The van der Waals surface area contributed by atoms with Gasteiger partial charge in [0.25, 0.3) is 5.91 Å². The fourth-order valence-corrected chi connectivity index (χ4v) is 5.57. The normalized spacial score (nSPS) is 17.4. The number of nitrogens with one attached hydrogen (secondary N) is 1. The maximum absolute atomic E-state index is 13.5. The molecule has 2 aromatic heterocycles. The van der Waals surface area contributed by atoms with E-state index in [2.05, 4.69) is 55.4 Å². The highest BCUT2D eigenvalue weighted by molar-refractivity contribution is 6.02. The molecule has 0 bridgehead atoms. The molecule has 0 aliphatic carbocycles. The van der Waals surface area contributed by atoms with Gasteiger partial charge in [0.15, 0.2) is 0 Å². The molecule has 9 heteroatoms. The average Bonchev–Trinajstić information content (AvgIpc) is 3.14. The fraction of sp³-hybridized carbons (Fsp3) is 0.273. The lowest BCUT2D eigenvalue weighted by molar-refractivity contribution is -0.120. The van der Waals surface area contributed by atoms with Crippen LogP contribution in [0.2, 0.25) is 0 Å². The van der Waals surface area contributed by atoms with E-state index in [0.29, 0.717) is 24.3 Å². The Kier molecular flexibility index (Phi) is 8.09. The molecule has 2 aromatic carbocycles. The predicted octanol–water partition coefficient (Wildman–Crippen LogP) is 4.30. The van der Waals surface area contributed by atoms with E-state index in [4.69, 9.17) is 4.74 Å². The van der Waals surface area contributed by atoms with E-state index >= 15 is 0 Å². The number of aromatic nitrogens is 2. The van der Waals surface area contributed by atoms with Crippen LogP contribution in [0.4, 0.5) is 11.4 Å². The number of aryl methyl sites for hydroxylation is 1. The van der Waals surface area contributed by atoms with Crippen molar-refractivity contribution in [3.05, 3.63) is 108 Å². The van der Waals surface area contributed by atoms with Crippen molar-refractivity contribution in [3.63, 3.8) is 0 Å². The number of hydrogen-bond donors (Lipinski definition) is 1. The minimum Gasteiger partial charge on any atom is -0.457 e. The van der Waals surface area contributed by atoms with E-state index in [1.165, 1.54) is 17.4 Å². The van der Waals surface area contributed by atoms with Crippen molar-refractivity contribution in [2.75, 3.05) is 43.0 Å². The van der Waals surface area contributed by atoms with Gasteiger partial charge < -0.3 is 19.9 Å². The number of para-hydroxylation sites is 1. The number of amides is 2. The first kappa shape index (κ1) is 27.4. The van der Waals surface area contributed by atoms with Crippen LogP contribution in [0.1, 0.15) is 28.0 Å². The Bertz CT molecular complexity index is 1540. The minimum atomic E-state index is -0.653. The van der Waals surface area contributed by atoms with Gasteiger partial charge in [-0.3, -0.25) is 24.5 Å². The summed E-state index contributed by atoms with van der Waals surface area (Å²) < 4.78 is 5.85. The molecule has 1 saturated heterocycles. The van der Waals surface area contributed by atoms with Crippen LogP contribution in [-0.2, 0) is 17.8 Å². The first-order chi connectivity index (χ1) is 20.5. The number of anilines is 2. The number of nitrogens with zero attached hydrogens (tertiary/aromatic N) is 5. The number of hydrogen-bond acceptors (Lipinski definition) is 7. The lowest BCUT2D eigenvalue weighted by atomic mass is 10.0. The van der Waals surface area contributed by atoms with Crippen molar-refractivity contribution < 1.29 is 14.3 Å². The van der Waals surface area contributed by atoms with Gasteiger partial charge in [0.2, 0.25) is 5.91 Å². The lowest BCUT2D eigenvalue weighted by Gasteiger charge is -2.36. The molecule has 42 heavy (non-hydrogen) atoms. The number of fused-ring (bicyclic) bond motifs is 1. The summed E-state index contributed by atoms with van der Waals surface area (Å²) in [6.45, 7) is 4.68. The van der Waals surface area contributed by atoms with Crippen LogP contribution in [0.15, 0.2) is 91.4 Å². The Hall–Kier alpha value is -4.76. The summed E-state index contributed by atoms with van der Waals surface area (Å²) in [4.78, 5) is 41.5. The van der Waals surface area contributed by atoms with Crippen LogP contribution in [0.3, 0.4) is 0 Å². The first-order valence-electron chi connectivity index (χ1n) is 14.3. The van der Waals surface area contributed by atoms with E-state index in [1.807, 2.05) is 42.7 Å². The van der Waals surface area contributed by atoms with Gasteiger partial charge in [-0.2, -0.15) is 0 Å². The molecule has 214 valence electrons. The highest BCUT2D eigenvalue weighted by Crippen LogP contribution is 2.29. The zero-order chi connectivity index (χ0) is 28.9. The Morgan fingerprint density at radius 1 is 0.929 bits per heavy atom. The molecule has 0 spiro atoms. The van der Waals surface area contributed by atoms with Crippen molar-refractivity contribution in [1.29, 1.82) is 0 Å². The van der Waals surface area contributed by atoms with Gasteiger partial charge in [0.05, 0.1) is 0 Å². The summed E-state index contributed by atoms with van der Waals surface area (Å²) >= 11 is 0. The molecule has 1 atom stereocenters. The lowest BCUT2D eigenvalue weighted by Crippen LogP contribution is -2.47. The molecule has 2 aliphatic rings. The standard InChI is InChI=1S/C33H34N6O3/c1-37-31-21-24(23-38-17-19-39(20-18-38)26-11-14-34-15-12-26)7-8-25(31)9-10-29(33(37)41)36-32(40)30-22-28(13-16-35-30)42-27-5-3-2-4-6-27/h2-8,11-16,21-22,29H,9-10,17-20,23H2,1H3,(H,36,40). The van der Waals surface area contributed by atoms with Crippen LogP contribution in [-0.4, -0.2) is 66.0 Å². The molecule has 1 unspecified atom stereocenters. The predicted molar refractivity (Wildman–Crippen MR) is 162 cm³/mol. The monoisotopic (exact) mass is 562 g/mol. The highest BCUT2D eigenvalue weighted by Gasteiger charge is 2.30. The van der Waals surface area contributed by atoms with E-state index in [0.717, 1.165) is 44.0 Å². The van der Waals surface area contributed by atoms with Gasteiger partial charge in [-0.15, -0.1) is 0 Å². The summed E-state index contributed by atoms with van der Waals surface area (Å²) in [5, 5.41) is 2.91. The zero-order valence-electron chi connectivity index (χ0n) is 23.6. The maximum atomic E-state index is 13.5. The molecular formula is C33H34N6O3. The van der Waals surface area contributed by atoms with Crippen molar-refractivity contribution in [1.82, 2.24) is 20.2 Å². The largest absolute Gasteiger partial charge is 0.457 e. The van der Waals surface area contributed by atoms with E-state index < -0.39 is 11.9 Å². The van der Waals surface area contributed by atoms with Gasteiger partial charge in [0, 0.05) is 75.8 Å². The van der Waals surface area contributed by atoms with Crippen molar-refractivity contribution in [2.24, 2.45) is 0 Å². The van der Waals surface area contributed by atoms with Gasteiger partial charge in [0.1, 0.15) is 23.2 Å². The molecule has 1 N–H and O–H groups in total. The van der Waals surface area contributed by atoms with Gasteiger partial charge >= 0.3 is 0 Å². The summed E-state index contributed by atoms with van der Waals surface area (Å²) in [6, 6.07) is 22.5. The van der Waals surface area contributed by atoms with Gasteiger partial charge in [-0.25, -0.2) is 0 Å². The molecule has 4 heterocycles. The molecular weight excluding hydrogens is 528 g/mol. The number of carbonyl (C=O) groups is 2. The van der Waals surface area contributed by atoms with Crippen molar-refractivity contribution in [2.45, 2.75) is 25.4 Å². The second-order valence-electron chi connectivity index (χ2n) is 10.7. The molecule has 2 aliphatic heterocycles. The molecule has 0 saturated carbocycles. The van der Waals surface area contributed by atoms with Gasteiger partial charge in [-0.1, -0.05) is 30.3 Å². The number of rotatable bonds is 7. The smallest absolute Gasteiger partial charge is 0.270 e. The molecule has 0 radical (unpaired) electrons. The number of piperazine rings is 1. The minimum absolute atomic E-state index is 0.137. The average molecular weight is 563 g/mol. The van der Waals surface area contributed by atoms with Crippen LogP contribution in [0.5, 0.6) is 11.5 Å². The van der Waals surface area contributed by atoms with Crippen LogP contribution < -0.4 is 19.9 Å². The SMILES string of the molecule is CN1C(=O)C(NC(=O)c2cc(Oc3ccccc3)ccn2)CCc2ccc(CN3CCN(c4ccncc4)CC3)cc21. The zero-order valence-corrected chi connectivity index (χ0v) is 23.6. The van der Waals surface area contributed by atoms with E-state index in [-0.39, 0.29) is 11.6 Å². The second-order valence-corrected chi connectivity index (χ2v) is 10.7. The van der Waals surface area contributed by atoms with Crippen molar-refractivity contribution in [3.8, 4) is 11.5 Å². The number of carbonyl (C=O) groups excluding carboxylic acids is 2. The second kappa shape index (κ2) is 12.4. The van der Waals surface area contributed by atoms with Gasteiger partial charge in [-0.05, 0) is 60.4 Å². The highest BCUT2D eigenvalue weighted by atomic mass is 16.5. The molecule has 1 fully saturated rings. The van der Waals surface area contributed by atoms with Crippen molar-refractivity contribution >= 4 is 23.2 Å². The summed E-state index contributed by atoms with van der Waals surface area (Å²) in [5.41, 5.74) is 4.59. The topological polar surface area (TPSA) is 90.9 Å². The Balaban J connectivity index is 1.08. The number of ether oxygens (including phenoxy) is 1. The number of pyridine rings is 2. The fourth-order valence-electron chi connectivity index (χ4n) is 5.57. The molecule has 6 rings (SSSR count). The van der Waals surface area contributed by atoms with E-state index in [9.17, 15) is 9.59 Å². The Labute approximate surface area is 245 Å². The summed E-state index contributed by atoms with van der Waals surface area (Å²) in [5.74, 6) is 0.629. The summed E-state index contributed by atoms with van der Waals surface area (Å²) in [7, 11) is 1.79. The first-order valence-corrected chi connectivity index (χ1v) is 14.3. The number of benzene rings is 2. The van der Waals surface area contributed by atoms with E-state index in [1.54, 1.807) is 24.1 Å². The molecule has 4 aromatic rings. The van der Waals surface area contributed by atoms with Crippen LogP contribution in [0.25, 0.3) is 0 Å². The Morgan fingerprint density at radius 3 is 2.50 bits per heavy atom. The third-order valence-corrected chi connectivity index (χ3v) is 7.90. The third-order valence-electron chi connectivity index (χ3n) is 7.90. The number of likely N-dealkylation sites (N-methyl/N-ethyl adjacent to an activating group) is 1. The quantitative estimate of drug-likeness (QED) is 0.359. The van der Waals surface area contributed by atoms with Crippen LogP contribution >= 0.6 is 0 Å².